The number of rotatable bonds is 1. The fourth-order valence-electron chi connectivity index (χ4n) is 1.99. The van der Waals surface area contributed by atoms with Crippen LogP contribution in [0.3, 0.4) is 0 Å². The Morgan fingerprint density at radius 3 is 2.69 bits per heavy atom. The summed E-state index contributed by atoms with van der Waals surface area (Å²) in [5, 5.41) is 9.07. The van der Waals surface area contributed by atoms with E-state index in [0.717, 1.165) is 5.56 Å². The van der Waals surface area contributed by atoms with Crippen molar-refractivity contribution in [1.29, 1.82) is 0 Å². The second kappa shape index (κ2) is 3.90. The van der Waals surface area contributed by atoms with Crippen molar-refractivity contribution >= 4 is 33.5 Å². The normalized spacial score (nSPS) is 13.8. The molecule has 84 valence electrons. The van der Waals surface area contributed by atoms with Gasteiger partial charge in [-0.15, -0.1) is 0 Å². The maximum absolute atomic E-state index is 11.4. The third kappa shape index (κ3) is 1.71. The van der Waals surface area contributed by atoms with Crippen LogP contribution in [0.15, 0.2) is 16.6 Å². The Morgan fingerprint density at radius 2 is 2.12 bits per heavy atom. The van der Waals surface area contributed by atoms with Crippen LogP contribution in [0.2, 0.25) is 0 Å². The minimum atomic E-state index is -0.956. The van der Waals surface area contributed by atoms with E-state index in [0.29, 0.717) is 23.1 Å². The van der Waals surface area contributed by atoms with Crippen molar-refractivity contribution in [3.05, 3.63) is 27.7 Å². The highest BCUT2D eigenvalue weighted by molar-refractivity contribution is 9.10. The molecule has 0 atom stereocenters. The Morgan fingerprint density at radius 1 is 1.44 bits per heavy atom. The highest BCUT2D eigenvalue weighted by Crippen LogP contribution is 2.34. The maximum atomic E-state index is 11.4. The van der Waals surface area contributed by atoms with Crippen LogP contribution < -0.4 is 4.90 Å². The van der Waals surface area contributed by atoms with E-state index in [1.165, 1.54) is 6.92 Å². The first-order chi connectivity index (χ1) is 7.50. The first kappa shape index (κ1) is 11.1. The second-order valence-corrected chi connectivity index (χ2v) is 4.59. The number of carbonyl (C=O) groups excluding carboxylic acids is 1. The Hall–Kier alpha value is -1.36. The number of nitrogens with zero attached hydrogens (tertiary/aromatic N) is 1. The molecule has 5 heteroatoms. The first-order valence-corrected chi connectivity index (χ1v) is 5.64. The highest BCUT2D eigenvalue weighted by Gasteiger charge is 2.27. The summed E-state index contributed by atoms with van der Waals surface area (Å²) in [4.78, 5) is 24.0. The van der Waals surface area contributed by atoms with Gasteiger partial charge >= 0.3 is 5.97 Å². The molecule has 0 saturated heterocycles. The van der Waals surface area contributed by atoms with E-state index in [2.05, 4.69) is 15.9 Å². The molecule has 0 spiro atoms. The zero-order valence-corrected chi connectivity index (χ0v) is 10.2. The van der Waals surface area contributed by atoms with Gasteiger partial charge in [0.25, 0.3) is 0 Å². The molecule has 2 rings (SSSR count). The lowest BCUT2D eigenvalue weighted by Gasteiger charge is -2.15. The molecule has 0 aromatic heterocycles. The summed E-state index contributed by atoms with van der Waals surface area (Å²) in [5.74, 6) is -1.02. The molecule has 0 saturated carbocycles. The zero-order chi connectivity index (χ0) is 11.9. The van der Waals surface area contributed by atoms with E-state index < -0.39 is 5.97 Å². The lowest BCUT2D eigenvalue weighted by atomic mass is 10.1. The standard InChI is InChI=1S/C11H10BrNO3/c1-6(14)13-3-2-8-9(11(15)16)4-7(12)5-10(8)13/h4-5H,2-3H2,1H3,(H,15,16). The highest BCUT2D eigenvalue weighted by atomic mass is 79.9. The van der Waals surface area contributed by atoms with Crippen molar-refractivity contribution in [3.63, 3.8) is 0 Å². The number of benzene rings is 1. The average Bonchev–Trinajstić information content (AvgIpc) is 2.59. The molecule has 4 nitrogen and oxygen atoms in total. The average molecular weight is 284 g/mol. The molecule has 16 heavy (non-hydrogen) atoms. The third-order valence-electron chi connectivity index (χ3n) is 2.68. The van der Waals surface area contributed by atoms with Crippen molar-refractivity contribution in [2.45, 2.75) is 13.3 Å². The molecular formula is C11H10BrNO3. The largest absolute Gasteiger partial charge is 0.478 e. The fraction of sp³-hybridized carbons (Fsp3) is 0.273. The SMILES string of the molecule is CC(=O)N1CCc2c(C(=O)O)cc(Br)cc21. The minimum absolute atomic E-state index is 0.0619. The van der Waals surface area contributed by atoms with Gasteiger partial charge in [-0.2, -0.15) is 0 Å². The molecule has 1 aromatic carbocycles. The number of fused-ring (bicyclic) bond motifs is 1. The Bertz CT molecular complexity index is 484. The van der Waals surface area contributed by atoms with Crippen molar-refractivity contribution in [2.24, 2.45) is 0 Å². The fourth-order valence-corrected chi connectivity index (χ4v) is 2.43. The van der Waals surface area contributed by atoms with E-state index in [9.17, 15) is 9.59 Å². The van der Waals surface area contributed by atoms with Gasteiger partial charge in [0.1, 0.15) is 0 Å². The van der Waals surface area contributed by atoms with Crippen LogP contribution >= 0.6 is 15.9 Å². The van der Waals surface area contributed by atoms with E-state index in [-0.39, 0.29) is 11.5 Å². The summed E-state index contributed by atoms with van der Waals surface area (Å²) < 4.78 is 0.678. The van der Waals surface area contributed by atoms with Gasteiger partial charge in [0.15, 0.2) is 0 Å². The van der Waals surface area contributed by atoms with Gasteiger partial charge in [0.2, 0.25) is 5.91 Å². The number of hydrogen-bond acceptors (Lipinski definition) is 2. The molecular weight excluding hydrogens is 274 g/mol. The van der Waals surface area contributed by atoms with Crippen LogP contribution in [-0.4, -0.2) is 23.5 Å². The van der Waals surface area contributed by atoms with Gasteiger partial charge < -0.3 is 10.0 Å². The quantitative estimate of drug-likeness (QED) is 0.858. The predicted molar refractivity (Wildman–Crippen MR) is 62.8 cm³/mol. The molecule has 0 radical (unpaired) electrons. The number of hydrogen-bond donors (Lipinski definition) is 1. The lowest BCUT2D eigenvalue weighted by Crippen LogP contribution is -2.25. The zero-order valence-electron chi connectivity index (χ0n) is 8.66. The molecule has 1 N–H and O–H groups in total. The van der Waals surface area contributed by atoms with Crippen LogP contribution in [0.25, 0.3) is 0 Å². The number of halogens is 1. The molecule has 0 aliphatic carbocycles. The summed E-state index contributed by atoms with van der Waals surface area (Å²) in [7, 11) is 0. The maximum Gasteiger partial charge on any atom is 0.336 e. The van der Waals surface area contributed by atoms with Crippen LogP contribution in [0, 0.1) is 0 Å². The molecule has 1 aliphatic heterocycles. The molecule has 0 unspecified atom stereocenters. The molecule has 1 aliphatic rings. The Balaban J connectivity index is 2.60. The smallest absolute Gasteiger partial charge is 0.336 e. The van der Waals surface area contributed by atoms with E-state index in [1.54, 1.807) is 17.0 Å². The number of carboxylic acid groups (broad SMARTS) is 1. The molecule has 1 heterocycles. The number of aromatic carboxylic acids is 1. The van der Waals surface area contributed by atoms with E-state index in [1.807, 2.05) is 0 Å². The van der Waals surface area contributed by atoms with Crippen molar-refractivity contribution < 1.29 is 14.7 Å². The molecule has 1 amide bonds. The number of carboxylic acids is 1. The molecule has 1 aromatic rings. The first-order valence-electron chi connectivity index (χ1n) is 4.84. The van der Waals surface area contributed by atoms with E-state index >= 15 is 0 Å². The number of carbonyl (C=O) groups is 2. The summed E-state index contributed by atoms with van der Waals surface area (Å²) in [6.07, 6.45) is 0.601. The van der Waals surface area contributed by atoms with Gasteiger partial charge in [0, 0.05) is 23.6 Å². The monoisotopic (exact) mass is 283 g/mol. The summed E-state index contributed by atoms with van der Waals surface area (Å²) in [6, 6.07) is 3.36. The van der Waals surface area contributed by atoms with Gasteiger partial charge in [-0.05, 0) is 24.1 Å². The van der Waals surface area contributed by atoms with Crippen molar-refractivity contribution in [3.8, 4) is 0 Å². The van der Waals surface area contributed by atoms with Gasteiger partial charge in [-0.1, -0.05) is 15.9 Å². The van der Waals surface area contributed by atoms with Crippen molar-refractivity contribution in [2.75, 3.05) is 11.4 Å². The van der Waals surface area contributed by atoms with Gasteiger partial charge in [-0.3, -0.25) is 4.79 Å². The molecule has 0 fully saturated rings. The van der Waals surface area contributed by atoms with Crippen LogP contribution in [0.1, 0.15) is 22.8 Å². The second-order valence-electron chi connectivity index (χ2n) is 3.68. The Kier molecular flexibility index (Phi) is 2.71. The molecule has 0 bridgehead atoms. The van der Waals surface area contributed by atoms with Crippen LogP contribution in [-0.2, 0) is 11.2 Å². The van der Waals surface area contributed by atoms with Gasteiger partial charge in [0.05, 0.1) is 5.56 Å². The van der Waals surface area contributed by atoms with Crippen LogP contribution in [0.4, 0.5) is 5.69 Å². The number of anilines is 1. The summed E-state index contributed by atoms with van der Waals surface area (Å²) >= 11 is 3.26. The number of amides is 1. The summed E-state index contributed by atoms with van der Waals surface area (Å²) in [5.41, 5.74) is 1.72. The topological polar surface area (TPSA) is 57.6 Å². The van der Waals surface area contributed by atoms with Gasteiger partial charge in [-0.25, -0.2) is 4.79 Å². The lowest BCUT2D eigenvalue weighted by molar-refractivity contribution is -0.116. The Labute approximate surface area is 101 Å². The summed E-state index contributed by atoms with van der Waals surface area (Å²) in [6.45, 7) is 2.04. The predicted octanol–water partition coefficient (Wildman–Crippen LogP) is 2.06. The van der Waals surface area contributed by atoms with Crippen LogP contribution in [0.5, 0.6) is 0 Å². The van der Waals surface area contributed by atoms with E-state index in [4.69, 9.17) is 5.11 Å². The van der Waals surface area contributed by atoms with Crippen molar-refractivity contribution in [1.82, 2.24) is 0 Å². The minimum Gasteiger partial charge on any atom is -0.478 e. The third-order valence-corrected chi connectivity index (χ3v) is 3.14.